The summed E-state index contributed by atoms with van der Waals surface area (Å²) in [5.74, 6) is 2.81. The zero-order valence-corrected chi connectivity index (χ0v) is 7.56. The molecular formula is C8H8ClN3O. The number of hydrogen-bond acceptors (Lipinski definition) is 3. The number of aromatic nitrogens is 2. The van der Waals surface area contributed by atoms with Crippen LogP contribution in [0, 0.1) is 12.3 Å². The van der Waals surface area contributed by atoms with Gasteiger partial charge in [-0.3, -0.25) is 4.79 Å². The Balaban J connectivity index is 2.73. The molecule has 5 heteroatoms. The Morgan fingerprint density at radius 2 is 2.54 bits per heavy atom. The minimum atomic E-state index is -0.361. The van der Waals surface area contributed by atoms with Crippen molar-refractivity contribution in [3.05, 3.63) is 21.7 Å². The van der Waals surface area contributed by atoms with Crippen LogP contribution in [0.25, 0.3) is 0 Å². The molecule has 0 aliphatic rings. The minimum absolute atomic E-state index is 0.0551. The third-order valence-corrected chi connectivity index (χ3v) is 1.71. The molecule has 68 valence electrons. The van der Waals surface area contributed by atoms with Crippen molar-refractivity contribution < 1.29 is 0 Å². The first kappa shape index (κ1) is 9.62. The zero-order chi connectivity index (χ0) is 9.68. The van der Waals surface area contributed by atoms with Crippen molar-refractivity contribution in [3.63, 3.8) is 0 Å². The Labute approximate surface area is 80.3 Å². The fourth-order valence-electron chi connectivity index (χ4n) is 0.759. The van der Waals surface area contributed by atoms with E-state index in [1.165, 1.54) is 6.33 Å². The van der Waals surface area contributed by atoms with Gasteiger partial charge in [0.05, 0.1) is 6.33 Å². The van der Waals surface area contributed by atoms with E-state index in [1.54, 1.807) is 0 Å². The Hall–Kier alpha value is -1.47. The maximum absolute atomic E-state index is 11.0. The van der Waals surface area contributed by atoms with Crippen LogP contribution in [-0.4, -0.2) is 16.5 Å². The minimum Gasteiger partial charge on any atom is -0.368 e. The molecule has 0 fully saturated rings. The molecule has 1 heterocycles. The number of halogens is 1. The monoisotopic (exact) mass is 197 g/mol. The molecule has 0 radical (unpaired) electrons. The summed E-state index contributed by atoms with van der Waals surface area (Å²) in [7, 11) is 0. The van der Waals surface area contributed by atoms with Gasteiger partial charge in [-0.15, -0.1) is 12.3 Å². The van der Waals surface area contributed by atoms with Crippen molar-refractivity contribution in [1.29, 1.82) is 0 Å². The van der Waals surface area contributed by atoms with Gasteiger partial charge < -0.3 is 10.3 Å². The van der Waals surface area contributed by atoms with Crippen molar-refractivity contribution in [2.75, 3.05) is 11.9 Å². The van der Waals surface area contributed by atoms with E-state index in [-0.39, 0.29) is 10.6 Å². The molecule has 13 heavy (non-hydrogen) atoms. The highest BCUT2D eigenvalue weighted by atomic mass is 35.5. The lowest BCUT2D eigenvalue weighted by Crippen LogP contribution is -2.12. The first-order chi connectivity index (χ1) is 6.25. The van der Waals surface area contributed by atoms with Crippen LogP contribution in [0.15, 0.2) is 11.1 Å². The molecule has 1 aromatic rings. The number of terminal acetylenes is 1. The molecule has 0 unspecified atom stereocenters. The van der Waals surface area contributed by atoms with E-state index in [9.17, 15) is 4.79 Å². The van der Waals surface area contributed by atoms with E-state index in [0.717, 1.165) is 0 Å². The van der Waals surface area contributed by atoms with E-state index in [2.05, 4.69) is 21.2 Å². The van der Waals surface area contributed by atoms with E-state index < -0.39 is 0 Å². The van der Waals surface area contributed by atoms with Crippen LogP contribution >= 0.6 is 11.6 Å². The molecular weight excluding hydrogens is 190 g/mol. The third-order valence-electron chi connectivity index (χ3n) is 1.36. The predicted octanol–water partition coefficient (Wildman–Crippen LogP) is 0.859. The fourth-order valence-corrected chi connectivity index (χ4v) is 0.930. The summed E-state index contributed by atoms with van der Waals surface area (Å²) in [4.78, 5) is 17.2. The normalized spacial score (nSPS) is 9.23. The molecule has 0 aliphatic heterocycles. The topological polar surface area (TPSA) is 57.8 Å². The summed E-state index contributed by atoms with van der Waals surface area (Å²) in [6, 6.07) is 0. The molecule has 2 N–H and O–H groups in total. The lowest BCUT2D eigenvalue weighted by molar-refractivity contribution is 1.04. The second kappa shape index (κ2) is 4.53. The quantitative estimate of drug-likeness (QED) is 0.558. The highest BCUT2D eigenvalue weighted by Gasteiger charge is 2.03. The number of H-pyrrole nitrogens is 1. The standard InChI is InChI=1S/C8H8ClN3O/c1-2-3-4-10-7-6(9)8(13)12-5-11-7/h1,5H,3-4H2,(H2,10,11,12,13). The first-order valence-corrected chi connectivity index (χ1v) is 4.04. The summed E-state index contributed by atoms with van der Waals surface area (Å²) >= 11 is 5.65. The van der Waals surface area contributed by atoms with E-state index >= 15 is 0 Å². The molecule has 0 amide bonds. The molecule has 0 spiro atoms. The largest absolute Gasteiger partial charge is 0.368 e. The Morgan fingerprint density at radius 1 is 1.77 bits per heavy atom. The van der Waals surface area contributed by atoms with Crippen molar-refractivity contribution in [2.24, 2.45) is 0 Å². The van der Waals surface area contributed by atoms with Crippen LogP contribution in [0.1, 0.15) is 6.42 Å². The van der Waals surface area contributed by atoms with Crippen LogP contribution in [0.5, 0.6) is 0 Å². The molecule has 4 nitrogen and oxygen atoms in total. The molecule has 0 saturated carbocycles. The highest BCUT2D eigenvalue weighted by molar-refractivity contribution is 6.32. The molecule has 0 aromatic carbocycles. The van der Waals surface area contributed by atoms with Crippen LogP contribution in [0.3, 0.4) is 0 Å². The summed E-state index contributed by atoms with van der Waals surface area (Å²) < 4.78 is 0. The van der Waals surface area contributed by atoms with E-state index in [1.807, 2.05) is 0 Å². The average Bonchev–Trinajstić information content (AvgIpc) is 2.13. The number of nitrogens with zero attached hydrogens (tertiary/aromatic N) is 1. The molecule has 0 aliphatic carbocycles. The van der Waals surface area contributed by atoms with Gasteiger partial charge in [0, 0.05) is 13.0 Å². The van der Waals surface area contributed by atoms with Gasteiger partial charge in [-0.25, -0.2) is 4.98 Å². The lowest BCUT2D eigenvalue weighted by Gasteiger charge is -2.02. The van der Waals surface area contributed by atoms with E-state index in [4.69, 9.17) is 18.0 Å². The molecule has 0 bridgehead atoms. The summed E-state index contributed by atoms with van der Waals surface area (Å²) in [5, 5.41) is 2.90. The number of nitrogens with one attached hydrogen (secondary N) is 2. The highest BCUT2D eigenvalue weighted by Crippen LogP contribution is 2.11. The SMILES string of the molecule is C#CCCNc1nc[nH]c(=O)c1Cl. The van der Waals surface area contributed by atoms with Gasteiger partial charge in [0.2, 0.25) is 0 Å². The number of hydrogen-bond donors (Lipinski definition) is 2. The van der Waals surface area contributed by atoms with Crippen LogP contribution < -0.4 is 10.9 Å². The molecule has 1 aromatic heterocycles. The van der Waals surface area contributed by atoms with Gasteiger partial charge in [-0.2, -0.15) is 0 Å². The maximum Gasteiger partial charge on any atom is 0.271 e. The second-order valence-corrected chi connectivity index (χ2v) is 2.65. The van der Waals surface area contributed by atoms with Crippen molar-refractivity contribution in [3.8, 4) is 12.3 Å². The Kier molecular flexibility index (Phi) is 3.35. The average molecular weight is 198 g/mol. The smallest absolute Gasteiger partial charge is 0.271 e. The Bertz CT molecular complexity index is 380. The fraction of sp³-hybridized carbons (Fsp3) is 0.250. The van der Waals surface area contributed by atoms with E-state index in [0.29, 0.717) is 18.8 Å². The van der Waals surface area contributed by atoms with Gasteiger partial charge in [-0.1, -0.05) is 11.6 Å². The molecule has 0 atom stereocenters. The predicted molar refractivity (Wildman–Crippen MR) is 51.8 cm³/mol. The third kappa shape index (κ3) is 2.49. The summed E-state index contributed by atoms with van der Waals surface area (Å²) in [6.07, 6.45) is 6.89. The zero-order valence-electron chi connectivity index (χ0n) is 6.80. The number of aromatic amines is 1. The van der Waals surface area contributed by atoms with Gasteiger partial charge in [0.15, 0.2) is 5.82 Å². The molecule has 0 saturated heterocycles. The summed E-state index contributed by atoms with van der Waals surface area (Å²) in [5.41, 5.74) is -0.361. The summed E-state index contributed by atoms with van der Waals surface area (Å²) in [6.45, 7) is 0.548. The van der Waals surface area contributed by atoms with Gasteiger partial charge in [-0.05, 0) is 0 Å². The Morgan fingerprint density at radius 3 is 3.23 bits per heavy atom. The van der Waals surface area contributed by atoms with Crippen LogP contribution in [0.4, 0.5) is 5.82 Å². The van der Waals surface area contributed by atoms with Gasteiger partial charge in [0.25, 0.3) is 5.56 Å². The van der Waals surface area contributed by atoms with Crippen LogP contribution in [-0.2, 0) is 0 Å². The number of anilines is 1. The van der Waals surface area contributed by atoms with Crippen LogP contribution in [0.2, 0.25) is 5.02 Å². The first-order valence-electron chi connectivity index (χ1n) is 3.66. The van der Waals surface area contributed by atoms with Gasteiger partial charge >= 0.3 is 0 Å². The number of rotatable bonds is 3. The van der Waals surface area contributed by atoms with Crippen molar-refractivity contribution in [2.45, 2.75) is 6.42 Å². The maximum atomic E-state index is 11.0. The second-order valence-electron chi connectivity index (χ2n) is 2.28. The van der Waals surface area contributed by atoms with Crippen molar-refractivity contribution >= 4 is 17.4 Å². The lowest BCUT2D eigenvalue weighted by atomic mass is 10.4. The molecule has 1 rings (SSSR count). The van der Waals surface area contributed by atoms with Crippen molar-refractivity contribution in [1.82, 2.24) is 9.97 Å². The van der Waals surface area contributed by atoms with Gasteiger partial charge in [0.1, 0.15) is 5.02 Å².